The summed E-state index contributed by atoms with van der Waals surface area (Å²) in [6.45, 7) is 11.0. The molecular formula is C18H31O9P. The lowest BCUT2D eigenvalue weighted by Crippen LogP contribution is -2.61. The average Bonchev–Trinajstić information content (AvgIpc) is 3.09. The highest BCUT2D eigenvalue weighted by Crippen LogP contribution is 2.42. The van der Waals surface area contributed by atoms with Crippen molar-refractivity contribution >= 4 is 9.47 Å². The monoisotopic (exact) mass is 422 g/mol. The SMILES string of the molecule is CC1OC(OC2C(C)OC(OP)C3OC(C)(C)OC23)C2OC(C)(C)OC2C1O. The Kier molecular flexibility index (Phi) is 5.58. The first-order valence-corrected chi connectivity index (χ1v) is 10.2. The van der Waals surface area contributed by atoms with E-state index in [4.69, 9.17) is 37.7 Å². The van der Waals surface area contributed by atoms with Crippen molar-refractivity contribution in [1.29, 1.82) is 0 Å². The van der Waals surface area contributed by atoms with Gasteiger partial charge in [0.1, 0.15) is 36.6 Å². The maximum atomic E-state index is 10.5. The third-order valence-corrected chi connectivity index (χ3v) is 5.86. The number of ether oxygens (including phenoxy) is 7. The Morgan fingerprint density at radius 3 is 1.86 bits per heavy atom. The van der Waals surface area contributed by atoms with Crippen LogP contribution in [-0.2, 0) is 37.7 Å². The van der Waals surface area contributed by atoms with E-state index in [0.717, 1.165) is 0 Å². The van der Waals surface area contributed by atoms with Crippen molar-refractivity contribution in [2.45, 2.75) is 115 Å². The van der Waals surface area contributed by atoms with Gasteiger partial charge in [-0.25, -0.2) is 0 Å². The molecule has 0 bridgehead atoms. The minimum atomic E-state index is -0.837. The molecule has 4 saturated heterocycles. The van der Waals surface area contributed by atoms with E-state index in [1.54, 1.807) is 20.8 Å². The second kappa shape index (κ2) is 7.34. The normalized spacial score (nSPS) is 52.3. The molecule has 0 aliphatic carbocycles. The number of fused-ring (bicyclic) bond motifs is 2. The molecule has 11 unspecified atom stereocenters. The van der Waals surface area contributed by atoms with E-state index >= 15 is 0 Å². The minimum Gasteiger partial charge on any atom is -0.388 e. The van der Waals surface area contributed by atoms with Crippen molar-refractivity contribution in [3.8, 4) is 0 Å². The largest absolute Gasteiger partial charge is 0.388 e. The minimum absolute atomic E-state index is 0.344. The Balaban J connectivity index is 1.55. The standard InChI is InChI=1S/C18H31O9P/c1-7-9(19)11-13(25-17(3,4)23-11)15(20-7)22-10-8(2)21-16(27-28)14-12(10)24-18(5,6)26-14/h7-16,19H,28H2,1-6H3. The fourth-order valence-electron chi connectivity index (χ4n) is 4.41. The molecule has 0 aromatic heterocycles. The summed E-state index contributed by atoms with van der Waals surface area (Å²) < 4.78 is 47.6. The molecule has 0 radical (unpaired) electrons. The maximum absolute atomic E-state index is 10.5. The van der Waals surface area contributed by atoms with Gasteiger partial charge in [0.25, 0.3) is 0 Å². The number of hydrogen-bond acceptors (Lipinski definition) is 9. The van der Waals surface area contributed by atoms with Crippen molar-refractivity contribution in [3.63, 3.8) is 0 Å². The van der Waals surface area contributed by atoms with E-state index in [0.29, 0.717) is 0 Å². The maximum Gasteiger partial charge on any atom is 0.189 e. The van der Waals surface area contributed by atoms with Crippen LogP contribution in [0.25, 0.3) is 0 Å². The molecular weight excluding hydrogens is 391 g/mol. The molecule has 4 aliphatic heterocycles. The van der Waals surface area contributed by atoms with Crippen LogP contribution in [0.4, 0.5) is 0 Å². The van der Waals surface area contributed by atoms with Crippen molar-refractivity contribution in [3.05, 3.63) is 0 Å². The van der Waals surface area contributed by atoms with Crippen LogP contribution in [0.15, 0.2) is 0 Å². The fourth-order valence-corrected chi connectivity index (χ4v) is 4.62. The van der Waals surface area contributed by atoms with Gasteiger partial charge in [0, 0.05) is 9.47 Å². The Morgan fingerprint density at radius 1 is 0.750 bits per heavy atom. The molecule has 0 aromatic carbocycles. The van der Waals surface area contributed by atoms with Crippen LogP contribution in [0, 0.1) is 0 Å². The quantitative estimate of drug-likeness (QED) is 0.670. The van der Waals surface area contributed by atoms with Gasteiger partial charge in [0.2, 0.25) is 0 Å². The van der Waals surface area contributed by atoms with Gasteiger partial charge in [-0.2, -0.15) is 0 Å². The zero-order valence-electron chi connectivity index (χ0n) is 17.1. The summed E-state index contributed by atoms with van der Waals surface area (Å²) in [5.41, 5.74) is 0. The highest BCUT2D eigenvalue weighted by molar-refractivity contribution is 7.09. The lowest BCUT2D eigenvalue weighted by atomic mass is 9.98. The zero-order chi connectivity index (χ0) is 20.4. The molecule has 9 nitrogen and oxygen atoms in total. The number of aliphatic hydroxyl groups excluding tert-OH is 1. The topological polar surface area (TPSA) is 94.1 Å². The molecule has 10 heteroatoms. The van der Waals surface area contributed by atoms with E-state index in [2.05, 4.69) is 9.47 Å². The van der Waals surface area contributed by atoms with E-state index in [1.165, 1.54) is 0 Å². The molecule has 4 rings (SSSR count). The first-order chi connectivity index (χ1) is 13.0. The predicted molar refractivity (Wildman–Crippen MR) is 98.0 cm³/mol. The predicted octanol–water partition coefficient (Wildman–Crippen LogP) is 1.07. The highest BCUT2D eigenvalue weighted by Gasteiger charge is 2.59. The van der Waals surface area contributed by atoms with Crippen LogP contribution in [0.2, 0.25) is 0 Å². The summed E-state index contributed by atoms with van der Waals surface area (Å²) in [7, 11) is 2.21. The molecule has 0 saturated carbocycles. The summed E-state index contributed by atoms with van der Waals surface area (Å²) in [5.74, 6) is -1.63. The van der Waals surface area contributed by atoms with Gasteiger partial charge in [-0.15, -0.1) is 0 Å². The first kappa shape index (κ1) is 21.3. The van der Waals surface area contributed by atoms with Crippen LogP contribution in [0.3, 0.4) is 0 Å². The highest BCUT2D eigenvalue weighted by atomic mass is 31.0. The van der Waals surface area contributed by atoms with Gasteiger partial charge >= 0.3 is 0 Å². The Labute approximate surface area is 167 Å². The number of hydrogen-bond donors (Lipinski definition) is 1. The molecule has 0 spiro atoms. The average molecular weight is 422 g/mol. The van der Waals surface area contributed by atoms with E-state index in [9.17, 15) is 5.11 Å². The summed E-state index contributed by atoms with van der Waals surface area (Å²) in [4.78, 5) is 0. The fraction of sp³-hybridized carbons (Fsp3) is 1.00. The molecule has 11 atom stereocenters. The molecule has 28 heavy (non-hydrogen) atoms. The van der Waals surface area contributed by atoms with Crippen molar-refractivity contribution in [1.82, 2.24) is 0 Å². The Bertz CT molecular complexity index is 587. The number of rotatable bonds is 3. The third-order valence-electron chi connectivity index (χ3n) is 5.59. The molecule has 4 fully saturated rings. The summed E-state index contributed by atoms with van der Waals surface area (Å²) in [6, 6.07) is 0. The third kappa shape index (κ3) is 3.75. The first-order valence-electron chi connectivity index (χ1n) is 9.72. The van der Waals surface area contributed by atoms with Gasteiger partial charge < -0.3 is 42.8 Å². The van der Waals surface area contributed by atoms with Gasteiger partial charge in [-0.05, 0) is 41.5 Å². The lowest BCUT2D eigenvalue weighted by molar-refractivity contribution is -0.324. The van der Waals surface area contributed by atoms with Gasteiger partial charge in [0.15, 0.2) is 24.2 Å². The van der Waals surface area contributed by atoms with Crippen molar-refractivity contribution in [2.24, 2.45) is 0 Å². The van der Waals surface area contributed by atoms with Crippen LogP contribution in [0.1, 0.15) is 41.5 Å². The molecule has 4 aliphatic rings. The van der Waals surface area contributed by atoms with Gasteiger partial charge in [0.05, 0.1) is 12.2 Å². The molecule has 0 aromatic rings. The van der Waals surface area contributed by atoms with Gasteiger partial charge in [-0.3, -0.25) is 0 Å². The zero-order valence-corrected chi connectivity index (χ0v) is 18.2. The second-order valence-corrected chi connectivity index (χ2v) is 9.05. The molecule has 162 valence electrons. The van der Waals surface area contributed by atoms with E-state index in [-0.39, 0.29) is 6.10 Å². The second-order valence-electron chi connectivity index (χ2n) is 8.78. The molecule has 0 amide bonds. The van der Waals surface area contributed by atoms with E-state index in [1.807, 2.05) is 20.8 Å². The van der Waals surface area contributed by atoms with Crippen LogP contribution >= 0.6 is 9.47 Å². The van der Waals surface area contributed by atoms with Crippen LogP contribution < -0.4 is 0 Å². The Hall–Kier alpha value is 0.0700. The van der Waals surface area contributed by atoms with Gasteiger partial charge in [-0.1, -0.05) is 0 Å². The van der Waals surface area contributed by atoms with E-state index < -0.39 is 66.9 Å². The van der Waals surface area contributed by atoms with Crippen molar-refractivity contribution < 1.29 is 42.8 Å². The molecule has 4 heterocycles. The summed E-state index contributed by atoms with van der Waals surface area (Å²) in [5, 5.41) is 10.5. The smallest absolute Gasteiger partial charge is 0.189 e. The van der Waals surface area contributed by atoms with Crippen LogP contribution in [-0.4, -0.2) is 78.1 Å². The molecule has 1 N–H and O–H groups in total. The summed E-state index contributed by atoms with van der Waals surface area (Å²) >= 11 is 0. The van der Waals surface area contributed by atoms with Crippen molar-refractivity contribution in [2.75, 3.05) is 0 Å². The summed E-state index contributed by atoms with van der Waals surface area (Å²) in [6.07, 6.45) is -5.42. The number of aliphatic hydroxyl groups is 1. The van der Waals surface area contributed by atoms with Crippen LogP contribution in [0.5, 0.6) is 0 Å². The lowest BCUT2D eigenvalue weighted by Gasteiger charge is -2.44. The Morgan fingerprint density at radius 2 is 1.25 bits per heavy atom.